The Labute approximate surface area is 97.9 Å². The third kappa shape index (κ3) is 2.85. The highest BCUT2D eigenvalue weighted by Gasteiger charge is 2.23. The van der Waals surface area contributed by atoms with Crippen LogP contribution in [0.15, 0.2) is 11.6 Å². The fourth-order valence-corrected chi connectivity index (χ4v) is 2.57. The highest BCUT2D eigenvalue weighted by Crippen LogP contribution is 2.21. The molecule has 3 heteroatoms. The van der Waals surface area contributed by atoms with Gasteiger partial charge in [-0.1, -0.05) is 11.6 Å². The summed E-state index contributed by atoms with van der Waals surface area (Å²) < 4.78 is 0. The van der Waals surface area contributed by atoms with Crippen LogP contribution in [0.4, 0.5) is 0 Å². The Bertz CT molecular complexity index is 286. The van der Waals surface area contributed by atoms with Gasteiger partial charge in [-0.15, -0.1) is 0 Å². The van der Waals surface area contributed by atoms with E-state index >= 15 is 0 Å². The molecule has 1 aliphatic carbocycles. The third-order valence-electron chi connectivity index (χ3n) is 3.58. The molecular formula is C13H22N2O. The standard InChI is InChI=1S/C13H22N2O/c1-11-10-14-7-8-15(11)13(16)9-12-5-3-2-4-6-12/h5,11,14H,2-4,6-10H2,1H3/t11-/m0/s1. The quantitative estimate of drug-likeness (QED) is 0.721. The summed E-state index contributed by atoms with van der Waals surface area (Å²) in [7, 11) is 0. The van der Waals surface area contributed by atoms with Gasteiger partial charge in [-0.3, -0.25) is 4.79 Å². The molecule has 0 radical (unpaired) electrons. The van der Waals surface area contributed by atoms with Gasteiger partial charge in [0.05, 0.1) is 0 Å². The van der Waals surface area contributed by atoms with Crippen LogP contribution in [-0.2, 0) is 4.79 Å². The van der Waals surface area contributed by atoms with E-state index in [1.54, 1.807) is 0 Å². The molecule has 0 unspecified atom stereocenters. The fraction of sp³-hybridized carbons (Fsp3) is 0.769. The number of piperazine rings is 1. The molecule has 1 atom stereocenters. The number of allylic oxidation sites excluding steroid dienone is 1. The maximum Gasteiger partial charge on any atom is 0.226 e. The number of carbonyl (C=O) groups excluding carboxylic acids is 1. The van der Waals surface area contributed by atoms with E-state index < -0.39 is 0 Å². The molecule has 1 heterocycles. The summed E-state index contributed by atoms with van der Waals surface area (Å²) in [6.07, 6.45) is 7.78. The summed E-state index contributed by atoms with van der Waals surface area (Å²) in [4.78, 5) is 14.2. The molecule has 3 nitrogen and oxygen atoms in total. The number of nitrogens with one attached hydrogen (secondary N) is 1. The number of amides is 1. The first-order chi connectivity index (χ1) is 7.77. The maximum absolute atomic E-state index is 12.1. The second-order valence-electron chi connectivity index (χ2n) is 4.93. The van der Waals surface area contributed by atoms with E-state index in [4.69, 9.17) is 0 Å². The maximum atomic E-state index is 12.1. The van der Waals surface area contributed by atoms with Crippen molar-refractivity contribution in [2.75, 3.05) is 19.6 Å². The van der Waals surface area contributed by atoms with Crippen molar-refractivity contribution in [3.8, 4) is 0 Å². The first kappa shape index (κ1) is 11.6. The summed E-state index contributed by atoms with van der Waals surface area (Å²) in [5, 5.41) is 3.31. The molecule has 1 aliphatic heterocycles. The monoisotopic (exact) mass is 222 g/mol. The van der Waals surface area contributed by atoms with Crippen LogP contribution in [0.2, 0.25) is 0 Å². The van der Waals surface area contributed by atoms with Crippen LogP contribution < -0.4 is 5.32 Å². The zero-order chi connectivity index (χ0) is 11.4. The molecule has 16 heavy (non-hydrogen) atoms. The second kappa shape index (κ2) is 5.48. The van der Waals surface area contributed by atoms with Crippen molar-refractivity contribution in [3.05, 3.63) is 11.6 Å². The average Bonchev–Trinajstić information content (AvgIpc) is 2.31. The Balaban J connectivity index is 1.88. The largest absolute Gasteiger partial charge is 0.337 e. The van der Waals surface area contributed by atoms with Gasteiger partial charge in [-0.2, -0.15) is 0 Å². The molecule has 0 aromatic heterocycles. The van der Waals surface area contributed by atoms with Crippen molar-refractivity contribution >= 4 is 5.91 Å². The molecule has 2 rings (SSSR count). The summed E-state index contributed by atoms with van der Waals surface area (Å²) in [5.74, 6) is 0.321. The average molecular weight is 222 g/mol. The highest BCUT2D eigenvalue weighted by molar-refractivity contribution is 5.79. The van der Waals surface area contributed by atoms with Crippen LogP contribution in [0.1, 0.15) is 39.0 Å². The SMILES string of the molecule is C[C@H]1CNCCN1C(=O)CC1=CCCCC1. The lowest BCUT2D eigenvalue weighted by molar-refractivity contribution is -0.133. The summed E-state index contributed by atoms with van der Waals surface area (Å²) in [6.45, 7) is 4.87. The van der Waals surface area contributed by atoms with Crippen LogP contribution in [-0.4, -0.2) is 36.5 Å². The number of carbonyl (C=O) groups is 1. The second-order valence-corrected chi connectivity index (χ2v) is 4.93. The zero-order valence-corrected chi connectivity index (χ0v) is 10.2. The van der Waals surface area contributed by atoms with Crippen LogP contribution in [0.25, 0.3) is 0 Å². The van der Waals surface area contributed by atoms with Crippen molar-refractivity contribution in [3.63, 3.8) is 0 Å². The van der Waals surface area contributed by atoms with Crippen molar-refractivity contribution in [2.24, 2.45) is 0 Å². The van der Waals surface area contributed by atoms with Crippen molar-refractivity contribution in [1.82, 2.24) is 10.2 Å². The van der Waals surface area contributed by atoms with E-state index in [0.29, 0.717) is 18.4 Å². The van der Waals surface area contributed by atoms with E-state index in [1.165, 1.54) is 24.8 Å². The summed E-state index contributed by atoms with van der Waals surface area (Å²) in [6, 6.07) is 0.352. The molecule has 2 aliphatic rings. The molecule has 1 saturated heterocycles. The molecular weight excluding hydrogens is 200 g/mol. The molecule has 90 valence electrons. The van der Waals surface area contributed by atoms with Gasteiger partial charge in [0.1, 0.15) is 0 Å². The van der Waals surface area contributed by atoms with Crippen LogP contribution in [0.3, 0.4) is 0 Å². The lowest BCUT2D eigenvalue weighted by Crippen LogP contribution is -2.52. The number of rotatable bonds is 2. The molecule has 1 N–H and O–H groups in total. The molecule has 0 aromatic carbocycles. The summed E-state index contributed by atoms with van der Waals surface area (Å²) in [5.41, 5.74) is 1.36. The zero-order valence-electron chi connectivity index (χ0n) is 10.2. The van der Waals surface area contributed by atoms with Crippen LogP contribution >= 0.6 is 0 Å². The van der Waals surface area contributed by atoms with Crippen molar-refractivity contribution < 1.29 is 4.79 Å². The van der Waals surface area contributed by atoms with Gasteiger partial charge in [0.2, 0.25) is 5.91 Å². The molecule has 1 amide bonds. The van der Waals surface area contributed by atoms with Gasteiger partial charge >= 0.3 is 0 Å². The minimum atomic E-state index is 0.321. The van der Waals surface area contributed by atoms with Crippen LogP contribution in [0.5, 0.6) is 0 Å². The third-order valence-corrected chi connectivity index (χ3v) is 3.58. The molecule has 0 spiro atoms. The fourth-order valence-electron chi connectivity index (χ4n) is 2.57. The van der Waals surface area contributed by atoms with Gasteiger partial charge in [0.25, 0.3) is 0 Å². The predicted octanol–water partition coefficient (Wildman–Crippen LogP) is 1.70. The van der Waals surface area contributed by atoms with Crippen molar-refractivity contribution in [1.29, 1.82) is 0 Å². The first-order valence-electron chi connectivity index (χ1n) is 6.45. The van der Waals surface area contributed by atoms with Gasteiger partial charge in [0, 0.05) is 32.1 Å². The van der Waals surface area contributed by atoms with E-state index in [9.17, 15) is 4.79 Å². The first-order valence-corrected chi connectivity index (χ1v) is 6.45. The summed E-state index contributed by atoms with van der Waals surface area (Å²) >= 11 is 0. The molecule has 0 aromatic rings. The van der Waals surface area contributed by atoms with Crippen molar-refractivity contribution in [2.45, 2.75) is 45.1 Å². The molecule has 1 fully saturated rings. The lowest BCUT2D eigenvalue weighted by atomic mass is 9.96. The normalized spacial score (nSPS) is 26.4. The van der Waals surface area contributed by atoms with Crippen LogP contribution in [0, 0.1) is 0 Å². The number of hydrogen-bond acceptors (Lipinski definition) is 2. The van der Waals surface area contributed by atoms with E-state index in [2.05, 4.69) is 18.3 Å². The topological polar surface area (TPSA) is 32.3 Å². The lowest BCUT2D eigenvalue weighted by Gasteiger charge is -2.34. The number of nitrogens with zero attached hydrogens (tertiary/aromatic N) is 1. The Kier molecular flexibility index (Phi) is 3.99. The van der Waals surface area contributed by atoms with Gasteiger partial charge in [-0.25, -0.2) is 0 Å². The minimum absolute atomic E-state index is 0.321. The Morgan fingerprint density at radius 3 is 3.12 bits per heavy atom. The van der Waals surface area contributed by atoms with E-state index in [1.807, 2.05) is 4.90 Å². The van der Waals surface area contributed by atoms with Gasteiger partial charge in [-0.05, 0) is 32.6 Å². The smallest absolute Gasteiger partial charge is 0.226 e. The van der Waals surface area contributed by atoms with Gasteiger partial charge in [0.15, 0.2) is 0 Å². The Hall–Kier alpha value is -0.830. The van der Waals surface area contributed by atoms with E-state index in [0.717, 1.165) is 26.1 Å². The number of hydrogen-bond donors (Lipinski definition) is 1. The Morgan fingerprint density at radius 1 is 1.56 bits per heavy atom. The van der Waals surface area contributed by atoms with E-state index in [-0.39, 0.29) is 0 Å². The predicted molar refractivity (Wildman–Crippen MR) is 65.2 cm³/mol. The molecule has 0 bridgehead atoms. The highest BCUT2D eigenvalue weighted by atomic mass is 16.2. The Morgan fingerprint density at radius 2 is 2.44 bits per heavy atom. The molecule has 0 saturated carbocycles. The minimum Gasteiger partial charge on any atom is -0.337 e. The van der Waals surface area contributed by atoms with Gasteiger partial charge < -0.3 is 10.2 Å².